The average molecular weight is 862 g/mol. The lowest BCUT2D eigenvalue weighted by Crippen LogP contribution is -2.50. The van der Waals surface area contributed by atoms with Crippen molar-refractivity contribution in [3.63, 3.8) is 0 Å². The van der Waals surface area contributed by atoms with Gasteiger partial charge in [-0.15, -0.1) is 0 Å². The van der Waals surface area contributed by atoms with Crippen molar-refractivity contribution in [2.24, 2.45) is 23.7 Å². The van der Waals surface area contributed by atoms with E-state index < -0.39 is 5.41 Å². The first-order chi connectivity index (χ1) is 33.0. The van der Waals surface area contributed by atoms with E-state index in [9.17, 15) is 0 Å². The molecule has 9 aromatic carbocycles. The van der Waals surface area contributed by atoms with Crippen molar-refractivity contribution >= 4 is 17.1 Å². The molecule has 2 unspecified atom stereocenters. The molecule has 67 heavy (non-hydrogen) atoms. The van der Waals surface area contributed by atoms with E-state index in [1.54, 1.807) is 5.56 Å². The van der Waals surface area contributed by atoms with Gasteiger partial charge in [0.2, 0.25) is 0 Å². The van der Waals surface area contributed by atoms with Crippen molar-refractivity contribution < 1.29 is 0 Å². The molecular weight excluding hydrogens is 807 g/mol. The Labute approximate surface area is 396 Å². The fraction of sp³-hybridized carbons (Fsp3) is 0.182. The molecule has 5 aliphatic rings. The zero-order valence-electron chi connectivity index (χ0n) is 38.4. The first-order valence-electron chi connectivity index (χ1n) is 24.7. The van der Waals surface area contributed by atoms with Crippen LogP contribution >= 0.6 is 0 Å². The van der Waals surface area contributed by atoms with Gasteiger partial charge in [0.25, 0.3) is 0 Å². The van der Waals surface area contributed by atoms with Gasteiger partial charge in [0.1, 0.15) is 0 Å². The normalized spacial score (nSPS) is 21.5. The molecule has 9 aromatic rings. The van der Waals surface area contributed by atoms with Gasteiger partial charge in [0, 0.05) is 22.5 Å². The minimum atomic E-state index is -0.425. The molecule has 2 bridgehead atoms. The molecule has 0 aromatic heterocycles. The van der Waals surface area contributed by atoms with E-state index in [0.717, 1.165) is 17.3 Å². The third kappa shape index (κ3) is 6.13. The molecule has 0 radical (unpaired) electrons. The Morgan fingerprint density at radius 3 is 1.31 bits per heavy atom. The summed E-state index contributed by atoms with van der Waals surface area (Å²) in [5, 5.41) is 0. The van der Waals surface area contributed by atoms with Gasteiger partial charge < -0.3 is 4.90 Å². The number of hydrogen-bond acceptors (Lipinski definition) is 1. The van der Waals surface area contributed by atoms with Crippen LogP contribution in [0.3, 0.4) is 0 Å². The van der Waals surface area contributed by atoms with E-state index in [2.05, 4.69) is 243 Å². The van der Waals surface area contributed by atoms with Crippen molar-refractivity contribution in [2.45, 2.75) is 50.4 Å². The minimum Gasteiger partial charge on any atom is -0.310 e. The van der Waals surface area contributed by atoms with Crippen LogP contribution in [0.5, 0.6) is 0 Å². The van der Waals surface area contributed by atoms with Crippen molar-refractivity contribution in [1.29, 1.82) is 0 Å². The molecule has 1 heteroatoms. The number of rotatable bonds is 6. The van der Waals surface area contributed by atoms with Crippen LogP contribution in [0.15, 0.2) is 224 Å². The maximum Gasteiger partial charge on any atom is 0.0719 e. The van der Waals surface area contributed by atoms with Crippen LogP contribution in [-0.2, 0) is 10.8 Å². The number of fused-ring (bicyclic) bond motifs is 12. The molecule has 5 atom stereocenters. The molecule has 3 saturated carbocycles. The summed E-state index contributed by atoms with van der Waals surface area (Å²) < 4.78 is 0. The number of hydrogen-bond donors (Lipinski definition) is 0. The summed E-state index contributed by atoms with van der Waals surface area (Å²) in [6.45, 7) is 5.10. The zero-order valence-corrected chi connectivity index (χ0v) is 38.4. The molecule has 0 aliphatic heterocycles. The third-order valence-corrected chi connectivity index (χ3v) is 16.7. The van der Waals surface area contributed by atoms with Crippen LogP contribution in [0, 0.1) is 23.7 Å². The molecule has 0 saturated heterocycles. The zero-order chi connectivity index (χ0) is 44.7. The van der Waals surface area contributed by atoms with Crippen LogP contribution in [-0.4, -0.2) is 0 Å². The lowest BCUT2D eigenvalue weighted by atomic mass is 9.47. The van der Waals surface area contributed by atoms with Crippen molar-refractivity contribution in [1.82, 2.24) is 0 Å². The van der Waals surface area contributed by atoms with Crippen molar-refractivity contribution in [2.75, 3.05) is 4.90 Å². The fourth-order valence-corrected chi connectivity index (χ4v) is 13.8. The molecule has 3 fully saturated rings. The maximum absolute atomic E-state index is 2.67. The molecular formula is C66H55N. The van der Waals surface area contributed by atoms with E-state index in [4.69, 9.17) is 0 Å². The summed E-state index contributed by atoms with van der Waals surface area (Å²) >= 11 is 0. The highest BCUT2D eigenvalue weighted by atomic mass is 15.1. The van der Waals surface area contributed by atoms with Gasteiger partial charge in [-0.2, -0.15) is 0 Å². The first-order valence-corrected chi connectivity index (χ1v) is 24.7. The number of nitrogens with zero attached hydrogens (tertiary/aromatic N) is 1. The van der Waals surface area contributed by atoms with Crippen LogP contribution in [0.4, 0.5) is 17.1 Å². The molecule has 0 heterocycles. The number of anilines is 3. The second-order valence-electron chi connectivity index (χ2n) is 20.3. The summed E-state index contributed by atoms with van der Waals surface area (Å²) in [5.41, 5.74) is 21.9. The molecule has 2 spiro atoms. The van der Waals surface area contributed by atoms with Gasteiger partial charge in [-0.25, -0.2) is 0 Å². The molecule has 0 amide bonds. The van der Waals surface area contributed by atoms with Gasteiger partial charge in [0.15, 0.2) is 0 Å². The van der Waals surface area contributed by atoms with Gasteiger partial charge in [-0.1, -0.05) is 202 Å². The SMILES string of the molecule is C[C@@H]1CC2CC3(c4ccccc4C4(c5ccccc5-c5ccccc54)c4ccc(N(c5ccc(-c6ccccc6)cc5)c5ccc(-c6ccc(-c7ccccc7)cc6)cc5)cc43)[C@H](C1)C[C@H]2C. The minimum absolute atomic E-state index is 0.111. The predicted molar refractivity (Wildman–Crippen MR) is 279 cm³/mol. The van der Waals surface area contributed by atoms with Crippen molar-refractivity contribution in [3.05, 3.63) is 258 Å². The molecule has 324 valence electrons. The lowest BCUT2D eigenvalue weighted by molar-refractivity contribution is 0.131. The second-order valence-corrected chi connectivity index (χ2v) is 20.3. The quantitative estimate of drug-likeness (QED) is 0.161. The van der Waals surface area contributed by atoms with Gasteiger partial charge >= 0.3 is 0 Å². The third-order valence-electron chi connectivity index (χ3n) is 16.7. The highest BCUT2D eigenvalue weighted by molar-refractivity contribution is 5.90. The van der Waals surface area contributed by atoms with E-state index in [1.165, 1.54) is 104 Å². The molecule has 0 N–H and O–H groups in total. The Kier molecular flexibility index (Phi) is 9.40. The smallest absolute Gasteiger partial charge is 0.0719 e. The largest absolute Gasteiger partial charge is 0.310 e. The van der Waals surface area contributed by atoms with Crippen LogP contribution in [0.25, 0.3) is 44.5 Å². The van der Waals surface area contributed by atoms with Gasteiger partial charge in [0.05, 0.1) is 5.41 Å². The summed E-state index contributed by atoms with van der Waals surface area (Å²) in [6.07, 6.45) is 5.04. The monoisotopic (exact) mass is 861 g/mol. The average Bonchev–Trinajstić information content (AvgIpc) is 3.49. The van der Waals surface area contributed by atoms with Gasteiger partial charge in [-0.3, -0.25) is 0 Å². The van der Waals surface area contributed by atoms with E-state index in [-0.39, 0.29) is 5.41 Å². The summed E-state index contributed by atoms with van der Waals surface area (Å²) in [7, 11) is 0. The van der Waals surface area contributed by atoms with Crippen LogP contribution < -0.4 is 4.90 Å². The summed E-state index contributed by atoms with van der Waals surface area (Å²) in [6, 6.07) is 85.0. The van der Waals surface area contributed by atoms with E-state index in [0.29, 0.717) is 17.8 Å². The topological polar surface area (TPSA) is 3.24 Å². The Morgan fingerprint density at radius 2 is 0.776 bits per heavy atom. The highest BCUT2D eigenvalue weighted by Gasteiger charge is 2.60. The molecule has 14 rings (SSSR count). The second kappa shape index (κ2) is 15.7. The summed E-state index contributed by atoms with van der Waals surface area (Å²) in [4.78, 5) is 2.52. The van der Waals surface area contributed by atoms with E-state index in [1.807, 2.05) is 0 Å². The first kappa shape index (κ1) is 40.1. The Hall–Kier alpha value is -7.22. The van der Waals surface area contributed by atoms with E-state index >= 15 is 0 Å². The van der Waals surface area contributed by atoms with Crippen LogP contribution in [0.1, 0.15) is 72.9 Å². The highest BCUT2D eigenvalue weighted by Crippen LogP contribution is 2.68. The standard InChI is InChI=1S/C66H55N/c1-44-39-52-43-65(53(40-44)41-45(52)2)61-23-13-14-24-62(61)66(59-21-11-9-19-57(59)58-20-10-12-22-60(58)66)63-38-37-56(42-64(63)65)67(54-33-29-50(30-34-54)47-17-7-4-8-18-47)55-35-31-51(32-36-55)49-27-25-48(26-28-49)46-15-5-3-6-16-46/h3-38,42,44-45,52-53H,39-41,43H2,1-2H3/t44-,45-,52?,53-,65?/m1/s1. The maximum atomic E-state index is 2.67. The Bertz CT molecular complexity index is 3230. The summed E-state index contributed by atoms with van der Waals surface area (Å²) in [5.74, 6) is 2.64. The van der Waals surface area contributed by atoms with Crippen LogP contribution in [0.2, 0.25) is 0 Å². The molecule has 5 aliphatic carbocycles. The Morgan fingerprint density at radius 1 is 0.358 bits per heavy atom. The van der Waals surface area contributed by atoms with Gasteiger partial charge in [-0.05, 0) is 164 Å². The Balaban J connectivity index is 1.02. The van der Waals surface area contributed by atoms with Crippen molar-refractivity contribution in [3.8, 4) is 44.5 Å². The number of benzene rings is 9. The fourth-order valence-electron chi connectivity index (χ4n) is 13.8. The molecule has 1 nitrogen and oxygen atoms in total. The predicted octanol–water partition coefficient (Wildman–Crippen LogP) is 17.2. The lowest BCUT2D eigenvalue weighted by Gasteiger charge is -2.56.